The highest BCUT2D eigenvalue weighted by Crippen LogP contribution is 2.41. The van der Waals surface area contributed by atoms with Gasteiger partial charge in [-0.3, -0.25) is 14.5 Å². The lowest BCUT2D eigenvalue weighted by molar-refractivity contribution is -0.117. The summed E-state index contributed by atoms with van der Waals surface area (Å²) >= 11 is 1.28. The van der Waals surface area contributed by atoms with Crippen molar-refractivity contribution in [3.8, 4) is 0 Å². The van der Waals surface area contributed by atoms with E-state index < -0.39 is 17.7 Å². The molecule has 1 atom stereocenters. The average Bonchev–Trinajstić information content (AvgIpc) is 3.31. The summed E-state index contributed by atoms with van der Waals surface area (Å²) < 4.78 is 0. The molecule has 2 aromatic heterocycles. The Hall–Kier alpha value is -3.25. The molecule has 128 valence electrons. The Morgan fingerprint density at radius 2 is 1.81 bits per heavy atom. The molecule has 0 unspecified atom stereocenters. The van der Waals surface area contributed by atoms with Crippen molar-refractivity contribution in [2.75, 3.05) is 4.90 Å². The highest BCUT2D eigenvalue weighted by atomic mass is 32.1. The summed E-state index contributed by atoms with van der Waals surface area (Å²) in [6.45, 7) is 0. The largest absolute Gasteiger partial charge is 0.503 e. The number of ketones is 1. The molecule has 4 rings (SSSR count). The third kappa shape index (κ3) is 2.60. The number of rotatable bonds is 4. The zero-order valence-electron chi connectivity index (χ0n) is 13.6. The fourth-order valence-corrected chi connectivity index (χ4v) is 3.74. The maximum atomic E-state index is 13.0. The van der Waals surface area contributed by atoms with Gasteiger partial charge in [0.1, 0.15) is 5.82 Å². The molecule has 0 saturated heterocycles. The minimum absolute atomic E-state index is 0.0781. The van der Waals surface area contributed by atoms with Gasteiger partial charge in [0, 0.05) is 6.20 Å². The van der Waals surface area contributed by atoms with Crippen LogP contribution in [0.25, 0.3) is 0 Å². The van der Waals surface area contributed by atoms with Gasteiger partial charge in [0.05, 0.1) is 16.5 Å². The van der Waals surface area contributed by atoms with E-state index in [1.165, 1.54) is 16.2 Å². The number of thiophene rings is 1. The molecule has 1 amide bonds. The van der Waals surface area contributed by atoms with Crippen LogP contribution in [0, 0.1) is 0 Å². The van der Waals surface area contributed by atoms with Crippen LogP contribution < -0.4 is 4.90 Å². The van der Waals surface area contributed by atoms with Gasteiger partial charge in [0.15, 0.2) is 5.76 Å². The van der Waals surface area contributed by atoms with Gasteiger partial charge in [-0.05, 0) is 29.1 Å². The van der Waals surface area contributed by atoms with Crippen LogP contribution >= 0.6 is 11.3 Å². The van der Waals surface area contributed by atoms with Gasteiger partial charge in [0.2, 0.25) is 5.78 Å². The molecule has 0 aliphatic carbocycles. The van der Waals surface area contributed by atoms with Gasteiger partial charge >= 0.3 is 0 Å². The number of amides is 1. The van der Waals surface area contributed by atoms with E-state index in [4.69, 9.17) is 0 Å². The molecule has 3 heterocycles. The van der Waals surface area contributed by atoms with Crippen LogP contribution in [0.4, 0.5) is 5.82 Å². The predicted octanol–water partition coefficient (Wildman–Crippen LogP) is 3.93. The summed E-state index contributed by atoms with van der Waals surface area (Å²) in [7, 11) is 0. The van der Waals surface area contributed by atoms with Gasteiger partial charge in [-0.15, -0.1) is 11.3 Å². The second kappa shape index (κ2) is 6.57. The Balaban J connectivity index is 1.88. The highest BCUT2D eigenvalue weighted by Gasteiger charge is 2.45. The normalized spacial score (nSPS) is 17.0. The first-order valence-electron chi connectivity index (χ1n) is 7.99. The van der Waals surface area contributed by atoms with Crippen molar-refractivity contribution in [2.24, 2.45) is 0 Å². The van der Waals surface area contributed by atoms with E-state index in [0.29, 0.717) is 10.7 Å². The van der Waals surface area contributed by atoms with Crippen molar-refractivity contribution in [1.82, 2.24) is 4.98 Å². The molecule has 0 radical (unpaired) electrons. The maximum absolute atomic E-state index is 13.0. The van der Waals surface area contributed by atoms with Crippen molar-refractivity contribution >= 4 is 28.8 Å². The number of Topliss-reactive ketones (excluding diaryl/α,β-unsaturated/α-hetero) is 1. The first kappa shape index (κ1) is 16.2. The Morgan fingerprint density at radius 3 is 2.46 bits per heavy atom. The molecule has 1 aliphatic heterocycles. The summed E-state index contributed by atoms with van der Waals surface area (Å²) in [5.74, 6) is -1.12. The number of carbonyl (C=O) groups excluding carboxylic acids is 2. The third-order valence-corrected chi connectivity index (χ3v) is 5.08. The van der Waals surface area contributed by atoms with E-state index in [-0.39, 0.29) is 11.4 Å². The van der Waals surface area contributed by atoms with Crippen LogP contribution in [0.15, 0.2) is 83.6 Å². The summed E-state index contributed by atoms with van der Waals surface area (Å²) in [6, 6.07) is 17.1. The van der Waals surface area contributed by atoms with Crippen LogP contribution in [0.1, 0.15) is 21.3 Å². The highest BCUT2D eigenvalue weighted by molar-refractivity contribution is 7.12. The number of hydrogen-bond donors (Lipinski definition) is 1. The van der Waals surface area contributed by atoms with E-state index >= 15 is 0 Å². The van der Waals surface area contributed by atoms with Crippen molar-refractivity contribution in [1.29, 1.82) is 0 Å². The second-order valence-electron chi connectivity index (χ2n) is 5.75. The molecular formula is C20H14N2O3S. The predicted molar refractivity (Wildman–Crippen MR) is 99.2 cm³/mol. The molecule has 5 nitrogen and oxygen atoms in total. The van der Waals surface area contributed by atoms with Crippen LogP contribution in [-0.2, 0) is 4.79 Å². The fourth-order valence-electron chi connectivity index (χ4n) is 3.06. The first-order valence-corrected chi connectivity index (χ1v) is 8.87. The van der Waals surface area contributed by atoms with Gasteiger partial charge in [-0.2, -0.15) is 0 Å². The Bertz CT molecular complexity index is 982. The Labute approximate surface area is 153 Å². The molecule has 3 aromatic rings. The molecule has 0 saturated carbocycles. The van der Waals surface area contributed by atoms with Crippen LogP contribution in [0.2, 0.25) is 0 Å². The molecule has 1 N–H and O–H groups in total. The summed E-state index contributed by atoms with van der Waals surface area (Å²) in [5.41, 5.74) is 0.810. The Morgan fingerprint density at radius 1 is 1.04 bits per heavy atom. The number of carbonyl (C=O) groups is 2. The molecule has 1 aromatic carbocycles. The molecule has 0 bridgehead atoms. The molecular weight excluding hydrogens is 348 g/mol. The van der Waals surface area contributed by atoms with E-state index in [0.717, 1.165) is 5.56 Å². The minimum atomic E-state index is -0.729. The lowest BCUT2D eigenvalue weighted by Gasteiger charge is -2.25. The first-order chi connectivity index (χ1) is 12.7. The SMILES string of the molecule is O=C(C1=C(O)C(=O)N(c2ccccn2)[C@H]1c1ccccc1)c1cccs1. The van der Waals surface area contributed by atoms with Crippen molar-refractivity contribution in [3.63, 3.8) is 0 Å². The molecule has 0 spiro atoms. The quantitative estimate of drug-likeness (QED) is 0.714. The van der Waals surface area contributed by atoms with E-state index in [2.05, 4.69) is 4.98 Å². The topological polar surface area (TPSA) is 70.5 Å². The van der Waals surface area contributed by atoms with Gasteiger partial charge in [-0.1, -0.05) is 42.5 Å². The third-order valence-electron chi connectivity index (χ3n) is 4.21. The second-order valence-corrected chi connectivity index (χ2v) is 6.69. The zero-order chi connectivity index (χ0) is 18.1. The van der Waals surface area contributed by atoms with Gasteiger partial charge in [-0.25, -0.2) is 4.98 Å². The number of benzene rings is 1. The van der Waals surface area contributed by atoms with Gasteiger partial charge in [0.25, 0.3) is 5.91 Å². The smallest absolute Gasteiger partial charge is 0.295 e. The van der Waals surface area contributed by atoms with E-state index in [9.17, 15) is 14.7 Å². The summed E-state index contributed by atoms with van der Waals surface area (Å²) in [5, 5.41) is 12.3. The van der Waals surface area contributed by atoms with Crippen LogP contribution in [-0.4, -0.2) is 21.8 Å². The van der Waals surface area contributed by atoms with E-state index in [1.54, 1.807) is 41.9 Å². The zero-order valence-corrected chi connectivity index (χ0v) is 14.4. The number of pyridine rings is 1. The number of aliphatic hydroxyl groups excluding tert-OH is 1. The van der Waals surface area contributed by atoms with Crippen LogP contribution in [0.3, 0.4) is 0 Å². The number of hydrogen-bond acceptors (Lipinski definition) is 5. The monoisotopic (exact) mass is 362 g/mol. The Kier molecular flexibility index (Phi) is 4.10. The van der Waals surface area contributed by atoms with Crippen molar-refractivity contribution < 1.29 is 14.7 Å². The molecule has 6 heteroatoms. The molecule has 1 aliphatic rings. The standard InChI is InChI=1S/C20H14N2O3S/c23-18(14-9-6-12-26-14)16-17(13-7-2-1-3-8-13)22(20(25)19(16)24)15-10-4-5-11-21-15/h1-12,17,24H/t17-/m0/s1. The van der Waals surface area contributed by atoms with Crippen molar-refractivity contribution in [3.05, 3.63) is 94.0 Å². The molecule has 26 heavy (non-hydrogen) atoms. The lowest BCUT2D eigenvalue weighted by Crippen LogP contribution is -2.31. The fraction of sp³-hybridized carbons (Fsp3) is 0.0500. The summed E-state index contributed by atoms with van der Waals surface area (Å²) in [4.78, 5) is 31.9. The number of aromatic nitrogens is 1. The van der Waals surface area contributed by atoms with Crippen LogP contribution in [0.5, 0.6) is 0 Å². The number of nitrogens with zero attached hydrogens (tertiary/aromatic N) is 2. The number of anilines is 1. The average molecular weight is 362 g/mol. The minimum Gasteiger partial charge on any atom is -0.503 e. The van der Waals surface area contributed by atoms with Crippen molar-refractivity contribution in [2.45, 2.75) is 6.04 Å². The maximum Gasteiger partial charge on any atom is 0.295 e. The molecule has 0 fully saturated rings. The lowest BCUT2D eigenvalue weighted by atomic mass is 9.95. The van der Waals surface area contributed by atoms with Gasteiger partial charge < -0.3 is 5.11 Å². The summed E-state index contributed by atoms with van der Waals surface area (Å²) in [6.07, 6.45) is 1.57. The number of aliphatic hydroxyl groups is 1. The van der Waals surface area contributed by atoms with E-state index in [1.807, 2.05) is 30.3 Å².